The third-order valence-corrected chi connectivity index (χ3v) is 6.63. The van der Waals surface area contributed by atoms with Gasteiger partial charge in [-0.1, -0.05) is 48.5 Å². The first kappa shape index (κ1) is 18.3. The number of benzene rings is 2. The van der Waals surface area contributed by atoms with E-state index in [1.54, 1.807) is 12.1 Å². The van der Waals surface area contributed by atoms with Crippen LogP contribution in [-0.4, -0.2) is 70.2 Å². The molecule has 0 amide bonds. The summed E-state index contributed by atoms with van der Waals surface area (Å²) >= 11 is 0. The molecule has 2 atom stereocenters. The van der Waals surface area contributed by atoms with Crippen LogP contribution in [-0.2, 0) is 13.1 Å². The summed E-state index contributed by atoms with van der Waals surface area (Å²) in [5, 5.41) is 10.3. The summed E-state index contributed by atoms with van der Waals surface area (Å²) in [6.07, 6.45) is 0.638. The summed E-state index contributed by atoms with van der Waals surface area (Å²) in [4.78, 5) is 7.44. The Morgan fingerprint density at radius 3 is 2.39 bits per heavy atom. The van der Waals surface area contributed by atoms with E-state index in [-0.39, 0.29) is 17.5 Å². The summed E-state index contributed by atoms with van der Waals surface area (Å²) in [6, 6.07) is 18.1. The predicted molar refractivity (Wildman–Crippen MR) is 107 cm³/mol. The monoisotopic (exact) mass is 381 g/mol. The molecule has 1 N–H and O–H groups in total. The van der Waals surface area contributed by atoms with Crippen LogP contribution in [0.4, 0.5) is 4.39 Å². The fourth-order valence-electron chi connectivity index (χ4n) is 5.52. The van der Waals surface area contributed by atoms with Gasteiger partial charge in [0.25, 0.3) is 0 Å². The van der Waals surface area contributed by atoms with Gasteiger partial charge >= 0.3 is 0 Å². The topological polar surface area (TPSA) is 30.0 Å². The molecule has 3 aliphatic heterocycles. The molecule has 0 saturated carbocycles. The lowest BCUT2D eigenvalue weighted by atomic mass is 9.83. The number of rotatable bonds is 4. The van der Waals surface area contributed by atoms with Gasteiger partial charge in [-0.15, -0.1) is 0 Å². The van der Waals surface area contributed by atoms with Gasteiger partial charge in [-0.05, 0) is 18.1 Å². The van der Waals surface area contributed by atoms with Crippen molar-refractivity contribution in [3.63, 3.8) is 0 Å². The van der Waals surface area contributed by atoms with Crippen LogP contribution in [0.15, 0.2) is 54.6 Å². The normalized spacial score (nSPS) is 27.6. The molecule has 5 heteroatoms. The maximum atomic E-state index is 14.0. The minimum Gasteiger partial charge on any atom is -0.392 e. The van der Waals surface area contributed by atoms with E-state index in [2.05, 4.69) is 45.0 Å². The van der Waals surface area contributed by atoms with Crippen LogP contribution in [0.2, 0.25) is 0 Å². The number of halogens is 1. The Morgan fingerprint density at radius 1 is 0.893 bits per heavy atom. The van der Waals surface area contributed by atoms with E-state index in [4.69, 9.17) is 0 Å². The molecule has 3 fully saturated rings. The second-order valence-electron chi connectivity index (χ2n) is 8.81. The van der Waals surface area contributed by atoms with Gasteiger partial charge in [-0.25, -0.2) is 4.39 Å². The molecule has 0 aliphatic carbocycles. The summed E-state index contributed by atoms with van der Waals surface area (Å²) < 4.78 is 14.0. The van der Waals surface area contributed by atoms with Gasteiger partial charge in [0.1, 0.15) is 5.82 Å². The van der Waals surface area contributed by atoms with E-state index in [1.165, 1.54) is 5.56 Å². The zero-order valence-electron chi connectivity index (χ0n) is 16.2. The number of hydrogen-bond acceptors (Lipinski definition) is 4. The van der Waals surface area contributed by atoms with Gasteiger partial charge in [0.2, 0.25) is 0 Å². The van der Waals surface area contributed by atoms with Gasteiger partial charge in [0.05, 0.1) is 11.6 Å². The second-order valence-corrected chi connectivity index (χ2v) is 8.81. The highest BCUT2D eigenvalue weighted by Gasteiger charge is 2.55. The molecule has 0 bridgehead atoms. The minimum atomic E-state index is -0.223. The number of β-amino-alcohol motifs (C(OH)–C–C–N with tert-alkyl or cyclic N) is 1. The number of aliphatic hydroxyl groups is 1. The first-order valence-corrected chi connectivity index (χ1v) is 10.3. The van der Waals surface area contributed by atoms with Gasteiger partial charge in [-0.3, -0.25) is 14.7 Å². The molecule has 5 rings (SSSR count). The minimum absolute atomic E-state index is 0.0838. The van der Waals surface area contributed by atoms with Crippen molar-refractivity contribution in [3.8, 4) is 0 Å². The number of likely N-dealkylation sites (tertiary alicyclic amines) is 1. The van der Waals surface area contributed by atoms with Crippen LogP contribution in [0.25, 0.3) is 0 Å². The molecule has 3 heterocycles. The van der Waals surface area contributed by atoms with Gasteiger partial charge in [0.15, 0.2) is 0 Å². The van der Waals surface area contributed by atoms with Crippen molar-refractivity contribution in [2.45, 2.75) is 37.2 Å². The quantitative estimate of drug-likeness (QED) is 0.881. The van der Waals surface area contributed by atoms with Crippen LogP contribution in [0.5, 0.6) is 0 Å². The number of aliphatic hydroxyl groups excluding tert-OH is 1. The largest absolute Gasteiger partial charge is 0.392 e. The average Bonchev–Trinajstić information content (AvgIpc) is 3.03. The zero-order chi connectivity index (χ0) is 19.1. The lowest BCUT2D eigenvalue weighted by Crippen LogP contribution is -2.77. The summed E-state index contributed by atoms with van der Waals surface area (Å²) in [5.41, 5.74) is 2.19. The molecular weight excluding hydrogens is 353 g/mol. The lowest BCUT2D eigenvalue weighted by Gasteiger charge is -2.61. The molecule has 0 radical (unpaired) electrons. The molecule has 3 saturated heterocycles. The van der Waals surface area contributed by atoms with Crippen molar-refractivity contribution in [3.05, 3.63) is 71.5 Å². The van der Waals surface area contributed by atoms with Crippen LogP contribution in [0.3, 0.4) is 0 Å². The van der Waals surface area contributed by atoms with Crippen molar-refractivity contribution in [2.75, 3.05) is 32.7 Å². The van der Waals surface area contributed by atoms with Crippen LogP contribution < -0.4 is 0 Å². The Balaban J connectivity index is 1.30. The van der Waals surface area contributed by atoms with Crippen molar-refractivity contribution in [1.82, 2.24) is 14.7 Å². The predicted octanol–water partition coefficient (Wildman–Crippen LogP) is 2.33. The number of nitrogens with zero attached hydrogens (tertiary/aromatic N) is 3. The summed E-state index contributed by atoms with van der Waals surface area (Å²) in [7, 11) is 0. The fraction of sp³-hybridized carbons (Fsp3) is 0.478. The number of fused-ring (bicyclic) bond motifs is 2. The molecule has 2 aromatic carbocycles. The van der Waals surface area contributed by atoms with E-state index >= 15 is 0 Å². The summed E-state index contributed by atoms with van der Waals surface area (Å²) in [6.45, 7) is 6.30. The molecule has 4 nitrogen and oxygen atoms in total. The third kappa shape index (κ3) is 3.37. The third-order valence-electron chi connectivity index (χ3n) is 6.63. The fourth-order valence-corrected chi connectivity index (χ4v) is 5.52. The van der Waals surface area contributed by atoms with E-state index in [0.29, 0.717) is 12.6 Å². The Labute approximate surface area is 166 Å². The molecule has 1 spiro atoms. The molecule has 3 aliphatic rings. The molecule has 2 unspecified atom stereocenters. The van der Waals surface area contributed by atoms with Crippen molar-refractivity contribution in [2.24, 2.45) is 0 Å². The number of hydrogen-bond donors (Lipinski definition) is 1. The molecule has 28 heavy (non-hydrogen) atoms. The van der Waals surface area contributed by atoms with Gasteiger partial charge in [0, 0.05) is 57.4 Å². The van der Waals surface area contributed by atoms with Gasteiger partial charge < -0.3 is 5.11 Å². The number of piperazine rings is 1. The lowest BCUT2D eigenvalue weighted by molar-refractivity contribution is -0.118. The Hall–Kier alpha value is -1.79. The standard InChI is InChI=1S/C23H28FN3O/c24-22-9-5-4-8-19(22)12-26-16-23(17-26)15-25(11-18-6-2-1-3-7-18)13-20-10-21(28)14-27(20)23/h1-9,20-21,28H,10-17H2. The first-order chi connectivity index (χ1) is 13.6. The second kappa shape index (κ2) is 7.23. The van der Waals surface area contributed by atoms with Crippen LogP contribution in [0, 0.1) is 5.82 Å². The van der Waals surface area contributed by atoms with E-state index < -0.39 is 0 Å². The van der Waals surface area contributed by atoms with Crippen LogP contribution in [0.1, 0.15) is 17.5 Å². The van der Waals surface area contributed by atoms with Crippen molar-refractivity contribution in [1.29, 1.82) is 0 Å². The Morgan fingerprint density at radius 2 is 1.61 bits per heavy atom. The summed E-state index contributed by atoms with van der Waals surface area (Å²) in [5.74, 6) is -0.118. The van der Waals surface area contributed by atoms with E-state index in [9.17, 15) is 9.50 Å². The van der Waals surface area contributed by atoms with Gasteiger partial charge in [-0.2, -0.15) is 0 Å². The molecule has 0 aromatic heterocycles. The molecule has 148 valence electrons. The van der Waals surface area contributed by atoms with Crippen molar-refractivity contribution >= 4 is 0 Å². The molecular formula is C23H28FN3O. The first-order valence-electron chi connectivity index (χ1n) is 10.3. The smallest absolute Gasteiger partial charge is 0.127 e. The van der Waals surface area contributed by atoms with Crippen molar-refractivity contribution < 1.29 is 9.50 Å². The maximum Gasteiger partial charge on any atom is 0.127 e. The average molecular weight is 381 g/mol. The molecule has 2 aromatic rings. The van der Waals surface area contributed by atoms with Crippen LogP contribution >= 0.6 is 0 Å². The SMILES string of the molecule is OC1CC2CN(Cc3ccccc3)CC3(CN(Cc4ccccc4F)C3)N2C1. The Kier molecular flexibility index (Phi) is 4.71. The zero-order valence-corrected chi connectivity index (χ0v) is 16.2. The highest BCUT2D eigenvalue weighted by molar-refractivity contribution is 5.21. The van der Waals surface area contributed by atoms with E-state index in [0.717, 1.165) is 51.3 Å². The van der Waals surface area contributed by atoms with E-state index in [1.807, 2.05) is 12.1 Å². The Bertz CT molecular complexity index is 824. The highest BCUT2D eigenvalue weighted by Crippen LogP contribution is 2.39. The maximum absolute atomic E-state index is 14.0. The highest BCUT2D eigenvalue weighted by atomic mass is 19.1.